The molecule has 174 valence electrons. The molecule has 0 bridgehead atoms. The first-order valence-corrected chi connectivity index (χ1v) is 11.1. The number of nitrogens with one attached hydrogen (secondary N) is 2. The predicted octanol–water partition coefficient (Wildman–Crippen LogP) is 2.94. The second kappa shape index (κ2) is 11.2. The van der Waals surface area contributed by atoms with E-state index in [-0.39, 0.29) is 18.2 Å². The largest absolute Gasteiger partial charge is 0.416 e. The third kappa shape index (κ3) is 7.08. The number of aliphatic hydroxyl groups is 1. The van der Waals surface area contributed by atoms with Gasteiger partial charge in [-0.05, 0) is 50.3 Å². The molecular weight excluding hydrogens is 409 g/mol. The maximum absolute atomic E-state index is 13.0. The van der Waals surface area contributed by atoms with Crippen molar-refractivity contribution in [3.05, 3.63) is 35.4 Å². The van der Waals surface area contributed by atoms with Gasteiger partial charge in [-0.25, -0.2) is 0 Å². The lowest BCUT2D eigenvalue weighted by Gasteiger charge is -2.34. The quantitative estimate of drug-likeness (QED) is 0.467. The van der Waals surface area contributed by atoms with Crippen LogP contribution in [0, 0.1) is 0 Å². The van der Waals surface area contributed by atoms with Crippen LogP contribution in [0.25, 0.3) is 0 Å². The molecule has 3 N–H and O–H groups in total. The van der Waals surface area contributed by atoms with E-state index in [4.69, 9.17) is 9.73 Å². The van der Waals surface area contributed by atoms with E-state index in [1.54, 1.807) is 12.1 Å². The molecule has 1 saturated heterocycles. The van der Waals surface area contributed by atoms with Gasteiger partial charge in [-0.3, -0.25) is 9.89 Å². The average molecular weight is 443 g/mol. The van der Waals surface area contributed by atoms with Crippen LogP contribution in [0.3, 0.4) is 0 Å². The number of morpholine rings is 1. The van der Waals surface area contributed by atoms with Gasteiger partial charge in [-0.2, -0.15) is 13.2 Å². The van der Waals surface area contributed by atoms with E-state index in [0.717, 1.165) is 43.4 Å². The number of benzene rings is 1. The highest BCUT2D eigenvalue weighted by Crippen LogP contribution is 2.31. The minimum absolute atomic E-state index is 0.130. The number of aliphatic imine (C=N–C) groups is 1. The number of nitrogens with zero attached hydrogens (tertiary/aromatic N) is 2. The summed E-state index contributed by atoms with van der Waals surface area (Å²) < 4.78 is 44.4. The predicted molar refractivity (Wildman–Crippen MR) is 114 cm³/mol. The lowest BCUT2D eigenvalue weighted by Crippen LogP contribution is -2.46. The fourth-order valence-corrected chi connectivity index (χ4v) is 4.13. The first-order chi connectivity index (χ1) is 14.9. The molecule has 31 heavy (non-hydrogen) atoms. The van der Waals surface area contributed by atoms with E-state index < -0.39 is 11.7 Å². The summed E-state index contributed by atoms with van der Waals surface area (Å²) in [5.41, 5.74) is 0.172. The Morgan fingerprint density at radius 1 is 1.16 bits per heavy atom. The zero-order valence-electron chi connectivity index (χ0n) is 18.0. The zero-order chi connectivity index (χ0) is 22.3. The molecular formula is C22H33F3N4O2. The van der Waals surface area contributed by atoms with Crippen LogP contribution in [0.1, 0.15) is 49.8 Å². The summed E-state index contributed by atoms with van der Waals surface area (Å²) in [5, 5.41) is 16.4. The number of guanidine groups is 1. The van der Waals surface area contributed by atoms with Crippen molar-refractivity contribution in [2.75, 3.05) is 39.4 Å². The molecule has 1 aromatic rings. The molecule has 1 aromatic carbocycles. The van der Waals surface area contributed by atoms with E-state index >= 15 is 0 Å². The Labute approximate surface area is 181 Å². The third-order valence-corrected chi connectivity index (χ3v) is 5.91. The summed E-state index contributed by atoms with van der Waals surface area (Å²) in [7, 11) is 0. The molecule has 0 amide bonds. The molecule has 1 atom stereocenters. The normalized spacial score (nSPS) is 24.6. The topological polar surface area (TPSA) is 69.1 Å². The number of halogens is 3. The molecule has 6 nitrogen and oxygen atoms in total. The maximum Gasteiger partial charge on any atom is 0.416 e. The molecule has 2 aliphatic rings. The Hall–Kier alpha value is -1.84. The second-order valence-corrected chi connectivity index (χ2v) is 8.15. The SMILES string of the molecule is CCNC(=NCC(c1ccc(C(F)(F)F)cc1)N1CCOCC1)NC1CCC(O)CC1. The van der Waals surface area contributed by atoms with Gasteiger partial charge in [0.2, 0.25) is 0 Å². The van der Waals surface area contributed by atoms with Crippen LogP contribution < -0.4 is 10.6 Å². The summed E-state index contributed by atoms with van der Waals surface area (Å²) >= 11 is 0. The van der Waals surface area contributed by atoms with Gasteiger partial charge >= 0.3 is 6.18 Å². The number of hydrogen-bond donors (Lipinski definition) is 3. The van der Waals surface area contributed by atoms with Crippen LogP contribution in [-0.4, -0.2) is 67.5 Å². The van der Waals surface area contributed by atoms with Crippen molar-refractivity contribution in [3.8, 4) is 0 Å². The van der Waals surface area contributed by atoms with E-state index in [1.807, 2.05) is 6.92 Å². The number of alkyl halides is 3. The van der Waals surface area contributed by atoms with Crippen molar-refractivity contribution in [2.45, 2.75) is 57.0 Å². The summed E-state index contributed by atoms with van der Waals surface area (Å²) in [6.07, 6.45) is -1.24. The Morgan fingerprint density at radius 2 is 1.81 bits per heavy atom. The lowest BCUT2D eigenvalue weighted by molar-refractivity contribution is -0.137. The molecule has 1 aliphatic heterocycles. The number of aliphatic hydroxyl groups excluding tert-OH is 1. The van der Waals surface area contributed by atoms with Gasteiger partial charge in [-0.1, -0.05) is 12.1 Å². The van der Waals surface area contributed by atoms with E-state index in [1.165, 1.54) is 0 Å². The molecule has 0 radical (unpaired) electrons. The Kier molecular flexibility index (Phi) is 8.57. The smallest absolute Gasteiger partial charge is 0.393 e. The van der Waals surface area contributed by atoms with Crippen molar-refractivity contribution < 1.29 is 23.0 Å². The van der Waals surface area contributed by atoms with Crippen LogP contribution in [0.2, 0.25) is 0 Å². The van der Waals surface area contributed by atoms with Crippen molar-refractivity contribution in [1.29, 1.82) is 0 Å². The van der Waals surface area contributed by atoms with Gasteiger partial charge in [0.05, 0.1) is 37.5 Å². The van der Waals surface area contributed by atoms with Crippen LogP contribution >= 0.6 is 0 Å². The minimum atomic E-state index is -4.35. The molecule has 1 aliphatic carbocycles. The zero-order valence-corrected chi connectivity index (χ0v) is 18.0. The van der Waals surface area contributed by atoms with Crippen molar-refractivity contribution in [2.24, 2.45) is 4.99 Å². The van der Waals surface area contributed by atoms with Gasteiger partial charge in [-0.15, -0.1) is 0 Å². The Balaban J connectivity index is 1.74. The fourth-order valence-electron chi connectivity index (χ4n) is 4.13. The molecule has 3 rings (SSSR count). The molecule has 1 heterocycles. The molecule has 2 fully saturated rings. The van der Waals surface area contributed by atoms with Crippen LogP contribution in [0.15, 0.2) is 29.3 Å². The van der Waals surface area contributed by atoms with Gasteiger partial charge in [0.25, 0.3) is 0 Å². The van der Waals surface area contributed by atoms with E-state index in [9.17, 15) is 18.3 Å². The summed E-state index contributed by atoms with van der Waals surface area (Å²) in [5.74, 6) is 0.703. The van der Waals surface area contributed by atoms with Crippen LogP contribution in [0.4, 0.5) is 13.2 Å². The third-order valence-electron chi connectivity index (χ3n) is 5.91. The number of rotatable bonds is 6. The summed E-state index contributed by atoms with van der Waals surface area (Å²) in [6.45, 7) is 5.77. The first-order valence-electron chi connectivity index (χ1n) is 11.1. The standard InChI is InChI=1S/C22H33F3N4O2/c1-2-26-21(28-18-7-9-19(30)10-8-18)27-15-20(29-11-13-31-14-12-29)16-3-5-17(6-4-16)22(23,24)25/h3-6,18-20,30H,2,7-15H2,1H3,(H2,26,27,28). The van der Waals surface area contributed by atoms with Gasteiger partial charge in [0.1, 0.15) is 0 Å². The molecule has 9 heteroatoms. The average Bonchev–Trinajstić information content (AvgIpc) is 2.76. The minimum Gasteiger partial charge on any atom is -0.393 e. The van der Waals surface area contributed by atoms with Gasteiger partial charge < -0.3 is 20.5 Å². The summed E-state index contributed by atoms with van der Waals surface area (Å²) in [4.78, 5) is 7.00. The Bertz CT molecular complexity index is 698. The van der Waals surface area contributed by atoms with Crippen molar-refractivity contribution in [3.63, 3.8) is 0 Å². The first kappa shape index (κ1) is 23.8. The lowest BCUT2D eigenvalue weighted by atomic mass is 9.93. The highest BCUT2D eigenvalue weighted by molar-refractivity contribution is 5.80. The summed E-state index contributed by atoms with van der Waals surface area (Å²) in [6, 6.07) is 5.53. The molecule has 1 unspecified atom stereocenters. The monoisotopic (exact) mass is 442 g/mol. The van der Waals surface area contributed by atoms with E-state index in [0.29, 0.717) is 45.4 Å². The van der Waals surface area contributed by atoms with E-state index in [2.05, 4.69) is 15.5 Å². The Morgan fingerprint density at radius 3 is 2.39 bits per heavy atom. The molecule has 0 aromatic heterocycles. The maximum atomic E-state index is 13.0. The van der Waals surface area contributed by atoms with Crippen LogP contribution in [-0.2, 0) is 10.9 Å². The number of hydrogen-bond acceptors (Lipinski definition) is 4. The highest BCUT2D eigenvalue weighted by Gasteiger charge is 2.31. The van der Waals surface area contributed by atoms with Gasteiger partial charge in [0, 0.05) is 25.7 Å². The number of ether oxygens (including phenoxy) is 1. The molecule has 0 spiro atoms. The second-order valence-electron chi connectivity index (χ2n) is 8.15. The highest BCUT2D eigenvalue weighted by atomic mass is 19.4. The molecule has 1 saturated carbocycles. The van der Waals surface area contributed by atoms with Crippen molar-refractivity contribution >= 4 is 5.96 Å². The van der Waals surface area contributed by atoms with Crippen molar-refractivity contribution in [1.82, 2.24) is 15.5 Å². The van der Waals surface area contributed by atoms with Crippen LogP contribution in [0.5, 0.6) is 0 Å². The fraction of sp³-hybridized carbons (Fsp3) is 0.682. The van der Waals surface area contributed by atoms with Gasteiger partial charge in [0.15, 0.2) is 5.96 Å².